The number of amides is 1. The molecular weight excluding hydrogens is 301 g/mol. The first-order chi connectivity index (χ1) is 9.47. The van der Waals surface area contributed by atoms with Crippen LogP contribution in [0.5, 0.6) is 5.75 Å². The maximum Gasteiger partial charge on any atom is 0.262 e. The second kappa shape index (κ2) is 6.15. The van der Waals surface area contributed by atoms with Gasteiger partial charge >= 0.3 is 0 Å². The monoisotopic (exact) mass is 313 g/mol. The summed E-state index contributed by atoms with van der Waals surface area (Å²) in [6.45, 7) is 3.51. The van der Waals surface area contributed by atoms with Gasteiger partial charge < -0.3 is 10.1 Å². The van der Waals surface area contributed by atoms with Crippen LogP contribution in [0, 0.1) is 13.8 Å². The zero-order valence-electron chi connectivity index (χ0n) is 11.0. The molecule has 2 N–H and O–H groups in total. The van der Waals surface area contributed by atoms with E-state index in [0.29, 0.717) is 21.5 Å². The molecule has 0 atom stereocenters. The maximum atomic E-state index is 11.8. The molecule has 0 bridgehead atoms. The van der Waals surface area contributed by atoms with Crippen molar-refractivity contribution >= 4 is 34.8 Å². The van der Waals surface area contributed by atoms with Crippen LogP contribution >= 0.6 is 23.2 Å². The number of aromatic nitrogens is 2. The molecule has 0 fully saturated rings. The third-order valence-corrected chi connectivity index (χ3v) is 3.39. The fourth-order valence-corrected chi connectivity index (χ4v) is 1.91. The summed E-state index contributed by atoms with van der Waals surface area (Å²) in [6, 6.07) is 4.82. The van der Waals surface area contributed by atoms with Gasteiger partial charge in [0.05, 0.1) is 27.1 Å². The highest BCUT2D eigenvalue weighted by atomic mass is 35.5. The summed E-state index contributed by atoms with van der Waals surface area (Å²) in [5.41, 5.74) is 2.20. The Morgan fingerprint density at radius 3 is 2.70 bits per heavy atom. The van der Waals surface area contributed by atoms with Crippen molar-refractivity contribution in [3.8, 4) is 5.75 Å². The molecule has 0 aliphatic rings. The van der Waals surface area contributed by atoms with Gasteiger partial charge in [-0.1, -0.05) is 23.2 Å². The predicted molar refractivity (Wildman–Crippen MR) is 78.6 cm³/mol. The molecule has 0 aliphatic heterocycles. The number of carbonyl (C=O) groups is 1. The Morgan fingerprint density at radius 1 is 1.35 bits per heavy atom. The zero-order valence-corrected chi connectivity index (χ0v) is 12.5. The topological polar surface area (TPSA) is 67.0 Å². The minimum Gasteiger partial charge on any atom is -0.484 e. The third-order valence-electron chi connectivity index (χ3n) is 2.65. The highest BCUT2D eigenvalue weighted by Gasteiger charge is 2.11. The summed E-state index contributed by atoms with van der Waals surface area (Å²) in [4.78, 5) is 11.8. The number of nitrogens with zero attached hydrogens (tertiary/aromatic N) is 1. The van der Waals surface area contributed by atoms with Gasteiger partial charge in [0.1, 0.15) is 5.75 Å². The fraction of sp³-hybridized carbons (Fsp3) is 0.231. The molecule has 1 aromatic heterocycles. The second-order valence-corrected chi connectivity index (χ2v) is 5.04. The van der Waals surface area contributed by atoms with E-state index in [1.54, 1.807) is 25.1 Å². The molecular formula is C13H13Cl2N3O2. The number of rotatable bonds is 4. The van der Waals surface area contributed by atoms with Crippen molar-refractivity contribution in [2.75, 3.05) is 11.9 Å². The van der Waals surface area contributed by atoms with Crippen LogP contribution in [-0.4, -0.2) is 22.7 Å². The van der Waals surface area contributed by atoms with Crippen LogP contribution in [0.4, 0.5) is 5.69 Å². The van der Waals surface area contributed by atoms with Gasteiger partial charge in [0.2, 0.25) is 0 Å². The largest absolute Gasteiger partial charge is 0.484 e. The number of hydrogen-bond donors (Lipinski definition) is 2. The number of anilines is 1. The van der Waals surface area contributed by atoms with Crippen molar-refractivity contribution in [3.63, 3.8) is 0 Å². The molecule has 0 radical (unpaired) electrons. The van der Waals surface area contributed by atoms with E-state index in [-0.39, 0.29) is 12.5 Å². The summed E-state index contributed by atoms with van der Waals surface area (Å²) in [6.07, 6.45) is 0. The van der Waals surface area contributed by atoms with Crippen molar-refractivity contribution in [3.05, 3.63) is 39.6 Å². The van der Waals surface area contributed by atoms with Crippen molar-refractivity contribution in [1.82, 2.24) is 10.2 Å². The number of nitrogens with one attached hydrogen (secondary N) is 2. The number of aromatic amines is 1. The maximum absolute atomic E-state index is 11.8. The van der Waals surface area contributed by atoms with E-state index >= 15 is 0 Å². The summed E-state index contributed by atoms with van der Waals surface area (Å²) < 4.78 is 5.35. The fourth-order valence-electron chi connectivity index (χ4n) is 1.63. The molecule has 0 aliphatic carbocycles. The van der Waals surface area contributed by atoms with E-state index in [1.165, 1.54) is 0 Å². The average Bonchev–Trinajstić information content (AvgIpc) is 2.72. The lowest BCUT2D eigenvalue weighted by Crippen LogP contribution is -2.20. The van der Waals surface area contributed by atoms with Gasteiger partial charge in [-0.05, 0) is 26.0 Å². The molecule has 1 amide bonds. The standard InChI is InChI=1S/C13H13Cl2N3O2/c1-7-13(8(2)18-17-7)16-12(19)6-20-9-3-4-10(14)11(15)5-9/h3-5H,6H2,1-2H3,(H,16,19)(H,17,18). The molecule has 7 heteroatoms. The van der Waals surface area contributed by atoms with Crippen LogP contribution in [0.15, 0.2) is 18.2 Å². The summed E-state index contributed by atoms with van der Waals surface area (Å²) in [5, 5.41) is 10.3. The number of ether oxygens (including phenoxy) is 1. The minimum atomic E-state index is -0.274. The lowest BCUT2D eigenvalue weighted by atomic mass is 10.3. The van der Waals surface area contributed by atoms with Crippen molar-refractivity contribution in [2.24, 2.45) is 0 Å². The van der Waals surface area contributed by atoms with E-state index in [0.717, 1.165) is 11.4 Å². The van der Waals surface area contributed by atoms with Crippen LogP contribution in [0.2, 0.25) is 10.0 Å². The Hall–Kier alpha value is -1.72. The van der Waals surface area contributed by atoms with E-state index < -0.39 is 0 Å². The quantitative estimate of drug-likeness (QED) is 0.909. The van der Waals surface area contributed by atoms with Crippen LogP contribution < -0.4 is 10.1 Å². The molecule has 106 valence electrons. The van der Waals surface area contributed by atoms with E-state index in [1.807, 2.05) is 6.92 Å². The predicted octanol–water partition coefficient (Wildman–Crippen LogP) is 3.35. The normalized spacial score (nSPS) is 10.4. The number of carbonyl (C=O) groups excluding carboxylic acids is 1. The van der Waals surface area contributed by atoms with Crippen LogP contribution in [-0.2, 0) is 4.79 Å². The van der Waals surface area contributed by atoms with Crippen molar-refractivity contribution in [2.45, 2.75) is 13.8 Å². The smallest absolute Gasteiger partial charge is 0.262 e. The molecule has 2 rings (SSSR count). The van der Waals surface area contributed by atoms with Gasteiger partial charge in [0, 0.05) is 6.07 Å². The highest BCUT2D eigenvalue weighted by molar-refractivity contribution is 6.42. The second-order valence-electron chi connectivity index (χ2n) is 4.22. The van der Waals surface area contributed by atoms with Crippen molar-refractivity contribution in [1.29, 1.82) is 0 Å². The first kappa shape index (κ1) is 14.7. The Kier molecular flexibility index (Phi) is 4.52. The first-order valence-corrected chi connectivity index (χ1v) is 6.62. The molecule has 0 spiro atoms. The third kappa shape index (κ3) is 3.43. The molecule has 0 saturated heterocycles. The van der Waals surface area contributed by atoms with Crippen LogP contribution in [0.3, 0.4) is 0 Å². The van der Waals surface area contributed by atoms with Crippen molar-refractivity contribution < 1.29 is 9.53 Å². The van der Waals surface area contributed by atoms with Crippen LogP contribution in [0.25, 0.3) is 0 Å². The molecule has 1 aromatic carbocycles. The number of hydrogen-bond acceptors (Lipinski definition) is 3. The molecule has 20 heavy (non-hydrogen) atoms. The first-order valence-electron chi connectivity index (χ1n) is 5.86. The Bertz CT molecular complexity index is 621. The highest BCUT2D eigenvalue weighted by Crippen LogP contribution is 2.26. The Balaban J connectivity index is 1.94. The van der Waals surface area contributed by atoms with Gasteiger partial charge in [-0.2, -0.15) is 5.10 Å². The Labute approximate surface area is 126 Å². The molecule has 5 nitrogen and oxygen atoms in total. The number of halogens is 2. The SMILES string of the molecule is Cc1n[nH]c(C)c1NC(=O)COc1ccc(Cl)c(Cl)c1. The lowest BCUT2D eigenvalue weighted by Gasteiger charge is -2.08. The lowest BCUT2D eigenvalue weighted by molar-refractivity contribution is -0.118. The summed E-state index contributed by atoms with van der Waals surface area (Å²) >= 11 is 11.7. The number of H-pyrrole nitrogens is 1. The van der Waals surface area contributed by atoms with E-state index in [2.05, 4.69) is 15.5 Å². The number of aryl methyl sites for hydroxylation is 2. The van der Waals surface area contributed by atoms with E-state index in [9.17, 15) is 4.79 Å². The van der Waals surface area contributed by atoms with Gasteiger partial charge in [-0.25, -0.2) is 0 Å². The van der Waals surface area contributed by atoms with Crippen LogP contribution in [0.1, 0.15) is 11.4 Å². The minimum absolute atomic E-state index is 0.123. The summed E-state index contributed by atoms with van der Waals surface area (Å²) in [5.74, 6) is 0.207. The molecule has 0 unspecified atom stereocenters. The zero-order chi connectivity index (χ0) is 14.7. The number of benzene rings is 1. The van der Waals surface area contributed by atoms with Gasteiger partial charge in [0.15, 0.2) is 6.61 Å². The summed E-state index contributed by atoms with van der Waals surface area (Å²) in [7, 11) is 0. The van der Waals surface area contributed by atoms with Gasteiger partial charge in [-0.15, -0.1) is 0 Å². The van der Waals surface area contributed by atoms with Gasteiger partial charge in [0.25, 0.3) is 5.91 Å². The average molecular weight is 314 g/mol. The van der Waals surface area contributed by atoms with E-state index in [4.69, 9.17) is 27.9 Å². The Morgan fingerprint density at radius 2 is 2.10 bits per heavy atom. The molecule has 0 saturated carbocycles. The van der Waals surface area contributed by atoms with Gasteiger partial charge in [-0.3, -0.25) is 9.89 Å². The molecule has 1 heterocycles. The molecule has 2 aromatic rings.